The Morgan fingerprint density at radius 1 is 1.56 bits per heavy atom. The number of thioether (sulfide) groups is 1. The van der Waals surface area contributed by atoms with E-state index in [0.29, 0.717) is 19.1 Å². The molecule has 0 aliphatic heterocycles. The molecule has 0 bridgehead atoms. The lowest BCUT2D eigenvalue weighted by molar-refractivity contribution is 0.179. The highest BCUT2D eigenvalue weighted by Crippen LogP contribution is 2.20. The summed E-state index contributed by atoms with van der Waals surface area (Å²) in [4.78, 5) is 4.30. The first-order chi connectivity index (χ1) is 6.91. The maximum Gasteiger partial charge on any atom is 0.188 e. The van der Waals surface area contributed by atoms with Crippen molar-refractivity contribution < 1.29 is 4.74 Å². The third-order valence-electron chi connectivity index (χ3n) is 1.99. The van der Waals surface area contributed by atoms with Crippen LogP contribution in [0.15, 0.2) is 4.99 Å². The fourth-order valence-corrected chi connectivity index (χ4v) is 1.12. The van der Waals surface area contributed by atoms with Crippen molar-refractivity contribution in [3.8, 4) is 0 Å². The lowest BCUT2D eigenvalue weighted by Crippen LogP contribution is -2.41. The Kier molecular flexibility index (Phi) is 10.9. The van der Waals surface area contributed by atoms with E-state index in [4.69, 9.17) is 10.5 Å². The normalized spacial score (nSPS) is 14.2. The Balaban J connectivity index is 0. The first-order valence-electron chi connectivity index (χ1n) is 5.02. The second-order valence-electron chi connectivity index (χ2n) is 4.17. The van der Waals surface area contributed by atoms with Crippen LogP contribution in [0.3, 0.4) is 0 Å². The number of ether oxygens (including phenoxy) is 1. The molecular formula is C10H24IN3OS. The number of guanidine groups is 1. The number of aliphatic imine (C=N–C) groups is 1. The van der Waals surface area contributed by atoms with E-state index in [-0.39, 0.29) is 34.8 Å². The van der Waals surface area contributed by atoms with Gasteiger partial charge in [0.2, 0.25) is 0 Å². The number of nitrogens with two attached hydrogens (primary N) is 1. The largest absolute Gasteiger partial charge is 0.383 e. The number of nitrogens with one attached hydrogen (secondary N) is 1. The average molecular weight is 361 g/mol. The molecule has 98 valence electrons. The lowest BCUT2D eigenvalue weighted by Gasteiger charge is -2.20. The quantitative estimate of drug-likeness (QED) is 0.429. The molecule has 1 atom stereocenters. The zero-order valence-electron chi connectivity index (χ0n) is 10.7. The molecule has 0 radical (unpaired) electrons. The first kappa shape index (κ1) is 18.7. The maximum absolute atomic E-state index is 5.74. The molecule has 0 saturated carbocycles. The van der Waals surface area contributed by atoms with Gasteiger partial charge in [0.25, 0.3) is 0 Å². The topological polar surface area (TPSA) is 59.6 Å². The van der Waals surface area contributed by atoms with Crippen LogP contribution in [0.1, 0.15) is 20.8 Å². The Morgan fingerprint density at radius 2 is 2.12 bits per heavy atom. The molecule has 0 saturated heterocycles. The smallest absolute Gasteiger partial charge is 0.188 e. The highest BCUT2D eigenvalue weighted by molar-refractivity contribution is 14.0. The van der Waals surface area contributed by atoms with Gasteiger partial charge in [0.05, 0.1) is 13.2 Å². The van der Waals surface area contributed by atoms with Gasteiger partial charge in [-0.15, -0.1) is 24.0 Å². The van der Waals surface area contributed by atoms with Crippen LogP contribution in [0.5, 0.6) is 0 Å². The summed E-state index contributed by atoms with van der Waals surface area (Å²) in [6, 6.07) is 0.191. The number of halogens is 1. The molecule has 0 fully saturated rings. The molecule has 0 aliphatic rings. The monoisotopic (exact) mass is 361 g/mol. The second kappa shape index (κ2) is 9.35. The van der Waals surface area contributed by atoms with Crippen molar-refractivity contribution in [2.45, 2.75) is 31.6 Å². The van der Waals surface area contributed by atoms with Gasteiger partial charge in [-0.25, -0.2) is 0 Å². The third-order valence-corrected chi connectivity index (χ3v) is 3.23. The molecule has 0 heterocycles. The molecule has 0 spiro atoms. The van der Waals surface area contributed by atoms with E-state index in [1.54, 1.807) is 18.9 Å². The molecule has 6 heteroatoms. The summed E-state index contributed by atoms with van der Waals surface area (Å²) >= 11 is 1.78. The zero-order valence-corrected chi connectivity index (χ0v) is 13.9. The van der Waals surface area contributed by atoms with Gasteiger partial charge in [-0.05, 0) is 27.0 Å². The molecule has 3 N–H and O–H groups in total. The van der Waals surface area contributed by atoms with Crippen LogP contribution in [-0.2, 0) is 4.74 Å². The van der Waals surface area contributed by atoms with Gasteiger partial charge in [-0.2, -0.15) is 11.8 Å². The number of hydrogen-bond acceptors (Lipinski definition) is 3. The van der Waals surface area contributed by atoms with Crippen molar-refractivity contribution in [1.82, 2.24) is 5.32 Å². The Hall–Kier alpha value is 0.310. The minimum Gasteiger partial charge on any atom is -0.383 e. The molecule has 0 aromatic rings. The summed E-state index contributed by atoms with van der Waals surface area (Å²) in [5.74, 6) is 0.488. The van der Waals surface area contributed by atoms with E-state index in [2.05, 4.69) is 30.4 Å². The lowest BCUT2D eigenvalue weighted by atomic mass is 10.2. The maximum atomic E-state index is 5.74. The summed E-state index contributed by atoms with van der Waals surface area (Å²) in [5.41, 5.74) is 5.74. The minimum absolute atomic E-state index is 0. The van der Waals surface area contributed by atoms with Crippen LogP contribution >= 0.6 is 35.7 Å². The van der Waals surface area contributed by atoms with E-state index < -0.39 is 0 Å². The van der Waals surface area contributed by atoms with Crippen molar-refractivity contribution in [2.75, 3.05) is 26.5 Å². The van der Waals surface area contributed by atoms with Crippen LogP contribution in [0.25, 0.3) is 0 Å². The average Bonchev–Trinajstić information content (AvgIpc) is 2.15. The Bertz CT molecular complexity index is 212. The molecular weight excluding hydrogens is 337 g/mol. The van der Waals surface area contributed by atoms with E-state index in [0.717, 1.165) is 0 Å². The van der Waals surface area contributed by atoms with Crippen molar-refractivity contribution in [3.63, 3.8) is 0 Å². The minimum atomic E-state index is 0. The Labute approximate surface area is 120 Å². The summed E-state index contributed by atoms with van der Waals surface area (Å²) in [6.07, 6.45) is 2.08. The van der Waals surface area contributed by atoms with Gasteiger partial charge in [-0.1, -0.05) is 0 Å². The van der Waals surface area contributed by atoms with E-state index in [1.165, 1.54) is 0 Å². The van der Waals surface area contributed by atoms with E-state index >= 15 is 0 Å². The van der Waals surface area contributed by atoms with E-state index in [1.807, 2.05) is 6.92 Å². The fraction of sp³-hybridized carbons (Fsp3) is 0.900. The highest BCUT2D eigenvalue weighted by atomic mass is 127. The number of rotatable bonds is 6. The second-order valence-corrected chi connectivity index (χ2v) is 5.68. The molecule has 0 amide bonds. The number of hydrogen-bond donors (Lipinski definition) is 2. The molecule has 1 unspecified atom stereocenters. The standard InChI is InChI=1S/C10H23N3OS.HI/c1-8(6-14-4)13-9(11)12-7-10(2,3)15-5;/h8H,6-7H2,1-5H3,(H3,11,12,13);1H. The van der Waals surface area contributed by atoms with Crippen molar-refractivity contribution in [1.29, 1.82) is 0 Å². The summed E-state index contributed by atoms with van der Waals surface area (Å²) in [7, 11) is 1.67. The van der Waals surface area contributed by atoms with Crippen LogP contribution in [-0.4, -0.2) is 43.3 Å². The fourth-order valence-electron chi connectivity index (χ4n) is 0.930. The molecule has 0 aromatic carbocycles. The number of nitrogens with zero attached hydrogens (tertiary/aromatic N) is 1. The van der Waals surface area contributed by atoms with Gasteiger partial charge < -0.3 is 15.8 Å². The van der Waals surface area contributed by atoms with Crippen LogP contribution in [0.2, 0.25) is 0 Å². The molecule has 16 heavy (non-hydrogen) atoms. The first-order valence-corrected chi connectivity index (χ1v) is 6.24. The van der Waals surface area contributed by atoms with Gasteiger partial charge in [0, 0.05) is 17.9 Å². The highest BCUT2D eigenvalue weighted by Gasteiger charge is 2.15. The van der Waals surface area contributed by atoms with Gasteiger partial charge in [0.15, 0.2) is 5.96 Å². The van der Waals surface area contributed by atoms with Crippen LogP contribution in [0, 0.1) is 0 Å². The van der Waals surface area contributed by atoms with Gasteiger partial charge in [0.1, 0.15) is 0 Å². The van der Waals surface area contributed by atoms with Crippen LogP contribution in [0.4, 0.5) is 0 Å². The Morgan fingerprint density at radius 3 is 2.56 bits per heavy atom. The third kappa shape index (κ3) is 9.53. The van der Waals surface area contributed by atoms with Crippen LogP contribution < -0.4 is 11.1 Å². The SMILES string of the molecule is COCC(C)NC(N)=NCC(C)(C)SC.I. The van der Waals surface area contributed by atoms with E-state index in [9.17, 15) is 0 Å². The molecule has 0 aromatic heterocycles. The van der Waals surface area contributed by atoms with Gasteiger partial charge >= 0.3 is 0 Å². The predicted octanol–water partition coefficient (Wildman–Crippen LogP) is 1.69. The zero-order chi connectivity index (χ0) is 11.9. The summed E-state index contributed by atoms with van der Waals surface area (Å²) in [5, 5.41) is 3.07. The van der Waals surface area contributed by atoms with Gasteiger partial charge in [-0.3, -0.25) is 4.99 Å². The molecule has 0 aliphatic carbocycles. The van der Waals surface area contributed by atoms with Crippen molar-refractivity contribution in [3.05, 3.63) is 0 Å². The number of methoxy groups -OCH3 is 1. The summed E-state index contributed by atoms with van der Waals surface area (Å²) < 4.78 is 5.13. The molecule has 0 rings (SSSR count). The van der Waals surface area contributed by atoms with Crippen molar-refractivity contribution in [2.24, 2.45) is 10.7 Å². The predicted molar refractivity (Wildman–Crippen MR) is 84.0 cm³/mol. The molecule has 4 nitrogen and oxygen atoms in total. The summed E-state index contributed by atoms with van der Waals surface area (Å²) in [6.45, 7) is 7.64. The van der Waals surface area contributed by atoms with Crippen molar-refractivity contribution >= 4 is 41.7 Å².